The molecule has 33 heavy (non-hydrogen) atoms. The molecule has 2 aromatic carbocycles. The number of furan rings is 1. The van der Waals surface area contributed by atoms with Gasteiger partial charge in [0.25, 0.3) is 5.91 Å². The number of methoxy groups -OCH3 is 1. The molecule has 2 heterocycles. The summed E-state index contributed by atoms with van der Waals surface area (Å²) in [6.07, 6.45) is 0. The number of hydrogen-bond donors (Lipinski definition) is 0. The van der Waals surface area contributed by atoms with Gasteiger partial charge in [0, 0.05) is 18.5 Å². The lowest BCUT2D eigenvalue weighted by Crippen LogP contribution is -2.36. The van der Waals surface area contributed by atoms with E-state index in [1.807, 2.05) is 63.2 Å². The average Bonchev–Trinajstić information content (AvgIpc) is 3.40. The van der Waals surface area contributed by atoms with E-state index in [0.29, 0.717) is 41.9 Å². The molecule has 4 rings (SSSR count). The van der Waals surface area contributed by atoms with Crippen molar-refractivity contribution in [2.75, 3.05) is 45.8 Å². The van der Waals surface area contributed by atoms with Gasteiger partial charge in [0.1, 0.15) is 11.3 Å². The second-order valence-electron chi connectivity index (χ2n) is 7.74. The van der Waals surface area contributed by atoms with Gasteiger partial charge in [-0.05, 0) is 51.7 Å². The number of likely N-dealkylation sites (N-methyl/N-ethyl adjacent to an activating group) is 1. The topological polar surface area (TPSA) is 68.0 Å². The highest BCUT2D eigenvalue weighted by Gasteiger charge is 2.26. The van der Waals surface area contributed by atoms with Crippen LogP contribution in [0.3, 0.4) is 0 Å². The van der Waals surface area contributed by atoms with Crippen LogP contribution in [0.4, 0.5) is 5.13 Å². The number of fused-ring (bicyclic) bond motifs is 2. The molecule has 0 fully saturated rings. The van der Waals surface area contributed by atoms with Crippen LogP contribution in [-0.2, 0) is 0 Å². The maximum atomic E-state index is 13.6. The van der Waals surface area contributed by atoms with Crippen molar-refractivity contribution in [1.82, 2.24) is 9.88 Å². The highest BCUT2D eigenvalue weighted by atomic mass is 35.5. The SMILES string of the molecule is CCOc1cccc2cc(C(=O)N(CCN(C)C)c3nc4c(OC)ccc(C)c4s3)oc12.Cl. The van der Waals surface area contributed by atoms with Crippen molar-refractivity contribution in [2.45, 2.75) is 13.8 Å². The van der Waals surface area contributed by atoms with Crippen LogP contribution >= 0.6 is 23.7 Å². The quantitative estimate of drug-likeness (QED) is 0.330. The first kappa shape index (κ1) is 24.8. The summed E-state index contributed by atoms with van der Waals surface area (Å²) in [5.74, 6) is 1.34. The van der Waals surface area contributed by atoms with Crippen LogP contribution in [0.15, 0.2) is 40.8 Å². The highest BCUT2D eigenvalue weighted by molar-refractivity contribution is 7.22. The van der Waals surface area contributed by atoms with Crippen molar-refractivity contribution >= 4 is 56.0 Å². The number of nitrogens with zero attached hydrogens (tertiary/aromatic N) is 3. The lowest BCUT2D eigenvalue weighted by molar-refractivity contribution is 0.0960. The molecule has 4 aromatic rings. The Morgan fingerprint density at radius 3 is 2.64 bits per heavy atom. The first-order valence-electron chi connectivity index (χ1n) is 10.5. The van der Waals surface area contributed by atoms with Crippen LogP contribution in [0.25, 0.3) is 21.2 Å². The Bertz CT molecular complexity index is 1270. The maximum Gasteiger partial charge on any atom is 0.295 e. The zero-order valence-electron chi connectivity index (χ0n) is 19.4. The molecular formula is C24H28ClN3O4S. The lowest BCUT2D eigenvalue weighted by Gasteiger charge is -2.20. The third-order valence-electron chi connectivity index (χ3n) is 5.18. The number of thiazole rings is 1. The normalized spacial score (nSPS) is 11.1. The smallest absolute Gasteiger partial charge is 0.295 e. The van der Waals surface area contributed by atoms with Crippen molar-refractivity contribution in [1.29, 1.82) is 0 Å². The molecule has 0 saturated carbocycles. The third kappa shape index (κ3) is 4.93. The van der Waals surface area contributed by atoms with E-state index in [1.54, 1.807) is 18.1 Å². The first-order valence-corrected chi connectivity index (χ1v) is 11.3. The summed E-state index contributed by atoms with van der Waals surface area (Å²) < 4.78 is 18.2. The van der Waals surface area contributed by atoms with Crippen molar-refractivity contribution in [2.24, 2.45) is 0 Å². The molecule has 176 valence electrons. The van der Waals surface area contributed by atoms with Crippen molar-refractivity contribution in [3.05, 3.63) is 47.7 Å². The fraction of sp³-hybridized carbons (Fsp3) is 0.333. The van der Waals surface area contributed by atoms with E-state index < -0.39 is 0 Å². The zero-order chi connectivity index (χ0) is 22.8. The molecule has 0 aliphatic rings. The lowest BCUT2D eigenvalue weighted by atomic mass is 10.2. The standard InChI is InChI=1S/C24H27N3O4S.ClH/c1-6-30-18-9-7-8-16-14-19(31-21(16)18)23(28)27(13-12-26(3)4)24-25-20-17(29-5)11-10-15(2)22(20)32-24;/h7-11,14H,6,12-13H2,1-5H3;1H. The number of halogens is 1. The van der Waals surface area contributed by atoms with E-state index in [4.69, 9.17) is 18.9 Å². The second kappa shape index (κ2) is 10.4. The number of anilines is 1. The van der Waals surface area contributed by atoms with Gasteiger partial charge in [0.05, 0.1) is 18.4 Å². The number of hydrogen-bond acceptors (Lipinski definition) is 7. The minimum absolute atomic E-state index is 0. The fourth-order valence-corrected chi connectivity index (χ4v) is 4.58. The molecular weight excluding hydrogens is 462 g/mol. The molecule has 0 spiro atoms. The maximum absolute atomic E-state index is 13.6. The van der Waals surface area contributed by atoms with E-state index in [0.717, 1.165) is 21.2 Å². The van der Waals surface area contributed by atoms with Crippen LogP contribution in [0.1, 0.15) is 23.0 Å². The Labute approximate surface area is 203 Å². The number of amides is 1. The monoisotopic (exact) mass is 489 g/mol. The Balaban J connectivity index is 0.00000306. The summed E-state index contributed by atoms with van der Waals surface area (Å²) in [5.41, 5.74) is 2.43. The van der Waals surface area contributed by atoms with Crippen LogP contribution in [0.2, 0.25) is 0 Å². The molecule has 0 aliphatic carbocycles. The number of aryl methyl sites for hydroxylation is 1. The summed E-state index contributed by atoms with van der Waals surface area (Å²) in [6, 6.07) is 11.3. The summed E-state index contributed by atoms with van der Waals surface area (Å²) in [6.45, 7) is 5.62. The number of carbonyl (C=O) groups excluding carboxylic acids is 1. The minimum atomic E-state index is -0.235. The van der Waals surface area contributed by atoms with Gasteiger partial charge in [-0.3, -0.25) is 9.69 Å². The van der Waals surface area contributed by atoms with Gasteiger partial charge in [-0.15, -0.1) is 12.4 Å². The largest absolute Gasteiger partial charge is 0.494 e. The molecule has 0 bridgehead atoms. The van der Waals surface area contributed by atoms with Gasteiger partial charge < -0.3 is 18.8 Å². The van der Waals surface area contributed by atoms with Crippen molar-refractivity contribution < 1.29 is 18.7 Å². The number of ether oxygens (including phenoxy) is 2. The van der Waals surface area contributed by atoms with E-state index >= 15 is 0 Å². The van der Waals surface area contributed by atoms with Crippen LogP contribution < -0.4 is 14.4 Å². The van der Waals surface area contributed by atoms with Crippen molar-refractivity contribution in [3.8, 4) is 11.5 Å². The van der Waals surface area contributed by atoms with E-state index in [1.165, 1.54) is 11.3 Å². The average molecular weight is 490 g/mol. The molecule has 1 amide bonds. The molecule has 0 saturated heterocycles. The Morgan fingerprint density at radius 2 is 1.94 bits per heavy atom. The number of aromatic nitrogens is 1. The molecule has 7 nitrogen and oxygen atoms in total. The Morgan fingerprint density at radius 1 is 1.15 bits per heavy atom. The fourth-order valence-electron chi connectivity index (χ4n) is 3.51. The third-order valence-corrected chi connectivity index (χ3v) is 6.39. The van der Waals surface area contributed by atoms with Crippen molar-refractivity contribution in [3.63, 3.8) is 0 Å². The highest BCUT2D eigenvalue weighted by Crippen LogP contribution is 2.37. The van der Waals surface area contributed by atoms with E-state index in [-0.39, 0.29) is 24.1 Å². The van der Waals surface area contributed by atoms with Crippen LogP contribution in [-0.4, -0.2) is 56.7 Å². The van der Waals surface area contributed by atoms with Crippen LogP contribution in [0.5, 0.6) is 11.5 Å². The summed E-state index contributed by atoms with van der Waals surface area (Å²) in [5, 5.41) is 1.44. The predicted octanol–water partition coefficient (Wildman–Crippen LogP) is 5.39. The number of carbonyl (C=O) groups is 1. The number of rotatable bonds is 8. The summed E-state index contributed by atoms with van der Waals surface area (Å²) in [4.78, 5) is 22.1. The second-order valence-corrected chi connectivity index (χ2v) is 8.71. The molecule has 0 unspecified atom stereocenters. The van der Waals surface area contributed by atoms with E-state index in [9.17, 15) is 4.79 Å². The van der Waals surface area contributed by atoms with Gasteiger partial charge in [0.2, 0.25) is 0 Å². The molecule has 0 aliphatic heterocycles. The van der Waals surface area contributed by atoms with Gasteiger partial charge in [-0.1, -0.05) is 29.5 Å². The Hall–Kier alpha value is -2.81. The Kier molecular flexibility index (Phi) is 7.84. The van der Waals surface area contributed by atoms with E-state index in [2.05, 4.69) is 0 Å². The molecule has 2 aromatic heterocycles. The minimum Gasteiger partial charge on any atom is -0.494 e. The first-order chi connectivity index (χ1) is 15.4. The van der Waals surface area contributed by atoms with Gasteiger partial charge in [-0.25, -0.2) is 4.98 Å². The van der Waals surface area contributed by atoms with Gasteiger partial charge >= 0.3 is 0 Å². The molecule has 0 atom stereocenters. The molecule has 0 radical (unpaired) electrons. The predicted molar refractivity (Wildman–Crippen MR) is 136 cm³/mol. The number of para-hydroxylation sites is 1. The zero-order valence-corrected chi connectivity index (χ0v) is 21.0. The van der Waals surface area contributed by atoms with Gasteiger partial charge in [-0.2, -0.15) is 0 Å². The molecule has 0 N–H and O–H groups in total. The summed E-state index contributed by atoms with van der Waals surface area (Å²) >= 11 is 1.48. The van der Waals surface area contributed by atoms with Crippen LogP contribution in [0, 0.1) is 6.92 Å². The number of benzene rings is 2. The summed E-state index contributed by atoms with van der Waals surface area (Å²) in [7, 11) is 5.58. The van der Waals surface area contributed by atoms with Gasteiger partial charge in [0.15, 0.2) is 22.2 Å². The molecule has 9 heteroatoms.